The zero-order valence-corrected chi connectivity index (χ0v) is 14.7. The van der Waals surface area contributed by atoms with Gasteiger partial charge in [0.15, 0.2) is 6.61 Å². The first-order valence-corrected chi connectivity index (χ1v) is 7.88. The molecule has 0 radical (unpaired) electrons. The van der Waals surface area contributed by atoms with Crippen LogP contribution in [0.25, 0.3) is 0 Å². The summed E-state index contributed by atoms with van der Waals surface area (Å²) in [5.41, 5.74) is 5.33. The van der Waals surface area contributed by atoms with Crippen molar-refractivity contribution in [3.8, 4) is 5.75 Å². The van der Waals surface area contributed by atoms with Crippen LogP contribution in [-0.2, 0) is 4.79 Å². The van der Waals surface area contributed by atoms with Crippen molar-refractivity contribution in [3.05, 3.63) is 68.2 Å². The van der Waals surface area contributed by atoms with Gasteiger partial charge in [0.1, 0.15) is 5.75 Å². The van der Waals surface area contributed by atoms with Crippen LogP contribution in [0.4, 0.5) is 5.69 Å². The molecule has 25 heavy (non-hydrogen) atoms. The molecule has 2 amide bonds. The molecule has 0 aliphatic rings. The number of hydrogen-bond acceptors (Lipinski definition) is 5. The first-order valence-electron chi connectivity index (χ1n) is 7.09. The minimum atomic E-state index is -0.594. The van der Waals surface area contributed by atoms with Gasteiger partial charge in [-0.1, -0.05) is 15.9 Å². The zero-order valence-electron chi connectivity index (χ0n) is 13.1. The Kier molecular flexibility index (Phi) is 6.07. The number of nitro benzene ring substituents is 1. The predicted octanol–water partition coefficient (Wildman–Crippen LogP) is 2.51. The van der Waals surface area contributed by atoms with E-state index in [1.54, 1.807) is 12.1 Å². The van der Waals surface area contributed by atoms with E-state index in [0.717, 1.165) is 10.0 Å². The average molecular weight is 408 g/mol. The Labute approximate surface area is 151 Å². The highest BCUT2D eigenvalue weighted by atomic mass is 79.9. The summed E-state index contributed by atoms with van der Waals surface area (Å²) in [5, 5.41) is 10.6. The van der Waals surface area contributed by atoms with Gasteiger partial charge in [-0.25, -0.2) is 0 Å². The molecule has 0 aliphatic heterocycles. The number of halogens is 1. The number of ether oxygens (including phenoxy) is 1. The maximum atomic E-state index is 11.9. The van der Waals surface area contributed by atoms with E-state index in [1.165, 1.54) is 24.3 Å². The lowest BCUT2D eigenvalue weighted by Crippen LogP contribution is -2.43. The Morgan fingerprint density at radius 2 is 1.84 bits per heavy atom. The summed E-state index contributed by atoms with van der Waals surface area (Å²) in [6, 6.07) is 10.4. The Morgan fingerprint density at radius 3 is 2.44 bits per heavy atom. The molecule has 0 fully saturated rings. The van der Waals surface area contributed by atoms with E-state index in [-0.39, 0.29) is 17.9 Å². The molecule has 0 spiro atoms. The molecule has 0 bridgehead atoms. The highest BCUT2D eigenvalue weighted by Gasteiger charge is 2.11. The van der Waals surface area contributed by atoms with Gasteiger partial charge in [-0.3, -0.25) is 30.6 Å². The summed E-state index contributed by atoms with van der Waals surface area (Å²) < 4.78 is 6.27. The number of aryl methyl sites for hydroxylation is 1. The minimum Gasteiger partial charge on any atom is -0.483 e. The van der Waals surface area contributed by atoms with Crippen molar-refractivity contribution < 1.29 is 19.2 Å². The monoisotopic (exact) mass is 407 g/mol. The SMILES string of the molecule is Cc1cc(Br)ccc1OCC(=O)NNC(=O)c1ccc([N+](=O)[O-])cc1. The van der Waals surface area contributed by atoms with Crippen molar-refractivity contribution in [2.45, 2.75) is 6.92 Å². The Bertz CT molecular complexity index is 808. The zero-order chi connectivity index (χ0) is 18.4. The standard InChI is InChI=1S/C16H14BrN3O5/c1-10-8-12(17)4-7-14(10)25-9-15(21)18-19-16(22)11-2-5-13(6-3-11)20(23)24/h2-8H,9H2,1H3,(H,18,21)(H,19,22). The highest BCUT2D eigenvalue weighted by molar-refractivity contribution is 9.10. The van der Waals surface area contributed by atoms with Crippen molar-refractivity contribution in [2.75, 3.05) is 6.61 Å². The molecule has 0 saturated heterocycles. The van der Waals surface area contributed by atoms with Crippen molar-refractivity contribution in [2.24, 2.45) is 0 Å². The van der Waals surface area contributed by atoms with E-state index in [2.05, 4.69) is 26.8 Å². The molecule has 0 aromatic heterocycles. The third-order valence-electron chi connectivity index (χ3n) is 3.15. The van der Waals surface area contributed by atoms with Crippen molar-refractivity contribution in [1.29, 1.82) is 0 Å². The van der Waals surface area contributed by atoms with E-state index in [9.17, 15) is 19.7 Å². The van der Waals surface area contributed by atoms with Crippen LogP contribution >= 0.6 is 15.9 Å². The first-order chi connectivity index (χ1) is 11.9. The maximum absolute atomic E-state index is 11.9. The normalized spacial score (nSPS) is 10.0. The number of hydrazine groups is 1. The predicted molar refractivity (Wildman–Crippen MR) is 93.1 cm³/mol. The second kappa shape index (κ2) is 8.25. The fourth-order valence-corrected chi connectivity index (χ4v) is 2.36. The van der Waals surface area contributed by atoms with Gasteiger partial charge in [0.25, 0.3) is 17.5 Å². The fourth-order valence-electron chi connectivity index (χ4n) is 1.89. The largest absolute Gasteiger partial charge is 0.483 e. The number of carbonyl (C=O) groups is 2. The summed E-state index contributed by atoms with van der Waals surface area (Å²) in [6.07, 6.45) is 0. The van der Waals surface area contributed by atoms with Gasteiger partial charge in [-0.05, 0) is 42.8 Å². The maximum Gasteiger partial charge on any atom is 0.276 e. The van der Waals surface area contributed by atoms with Gasteiger partial charge in [0, 0.05) is 22.2 Å². The van der Waals surface area contributed by atoms with Crippen LogP contribution in [-0.4, -0.2) is 23.3 Å². The lowest BCUT2D eigenvalue weighted by atomic mass is 10.2. The topological polar surface area (TPSA) is 111 Å². The van der Waals surface area contributed by atoms with Gasteiger partial charge >= 0.3 is 0 Å². The summed E-state index contributed by atoms with van der Waals surface area (Å²) in [6.45, 7) is 1.57. The van der Waals surface area contributed by atoms with Crippen molar-refractivity contribution in [1.82, 2.24) is 10.9 Å². The Hall–Kier alpha value is -2.94. The van der Waals surface area contributed by atoms with Crippen LogP contribution in [0.2, 0.25) is 0 Å². The third-order valence-corrected chi connectivity index (χ3v) is 3.64. The molecule has 0 saturated carbocycles. The molecule has 2 rings (SSSR count). The average Bonchev–Trinajstić information content (AvgIpc) is 2.59. The summed E-state index contributed by atoms with van der Waals surface area (Å²) in [7, 11) is 0. The molecular formula is C16H14BrN3O5. The molecule has 2 N–H and O–H groups in total. The molecule has 0 atom stereocenters. The van der Waals surface area contributed by atoms with Gasteiger partial charge in [0.2, 0.25) is 0 Å². The van der Waals surface area contributed by atoms with E-state index >= 15 is 0 Å². The number of rotatable bonds is 5. The van der Waals surface area contributed by atoms with Crippen LogP contribution < -0.4 is 15.6 Å². The highest BCUT2D eigenvalue weighted by Crippen LogP contribution is 2.21. The third kappa shape index (κ3) is 5.28. The molecule has 0 heterocycles. The molecule has 130 valence electrons. The summed E-state index contributed by atoms with van der Waals surface area (Å²) in [5.74, 6) is -0.583. The molecule has 0 aliphatic carbocycles. The molecule has 9 heteroatoms. The van der Waals surface area contributed by atoms with Crippen LogP contribution in [0, 0.1) is 17.0 Å². The number of non-ortho nitro benzene ring substituents is 1. The van der Waals surface area contributed by atoms with Crippen molar-refractivity contribution >= 4 is 33.4 Å². The first kappa shape index (κ1) is 18.4. The quantitative estimate of drug-likeness (QED) is 0.584. The molecule has 2 aromatic carbocycles. The Morgan fingerprint density at radius 1 is 1.16 bits per heavy atom. The number of nitrogens with zero attached hydrogens (tertiary/aromatic N) is 1. The fraction of sp³-hybridized carbons (Fsp3) is 0.125. The summed E-state index contributed by atoms with van der Waals surface area (Å²) >= 11 is 3.33. The number of nitro groups is 1. The van der Waals surface area contributed by atoms with E-state index in [1.807, 2.05) is 13.0 Å². The lowest BCUT2D eigenvalue weighted by Gasteiger charge is -2.10. The van der Waals surface area contributed by atoms with Crippen LogP contribution in [0.5, 0.6) is 5.75 Å². The van der Waals surface area contributed by atoms with Crippen LogP contribution in [0.3, 0.4) is 0 Å². The smallest absolute Gasteiger partial charge is 0.276 e. The molecular weight excluding hydrogens is 394 g/mol. The van der Waals surface area contributed by atoms with E-state index in [0.29, 0.717) is 5.75 Å². The molecule has 2 aromatic rings. The lowest BCUT2D eigenvalue weighted by molar-refractivity contribution is -0.384. The van der Waals surface area contributed by atoms with Crippen LogP contribution in [0.15, 0.2) is 46.9 Å². The van der Waals surface area contributed by atoms with Gasteiger partial charge in [0.05, 0.1) is 4.92 Å². The molecule has 0 unspecified atom stereocenters. The number of nitrogens with one attached hydrogen (secondary N) is 2. The number of benzene rings is 2. The minimum absolute atomic E-state index is 0.126. The Balaban J connectivity index is 1.82. The van der Waals surface area contributed by atoms with Gasteiger partial charge < -0.3 is 4.74 Å². The van der Waals surface area contributed by atoms with Crippen molar-refractivity contribution in [3.63, 3.8) is 0 Å². The van der Waals surface area contributed by atoms with Gasteiger partial charge in [-0.15, -0.1) is 0 Å². The number of carbonyl (C=O) groups excluding carboxylic acids is 2. The number of hydrogen-bond donors (Lipinski definition) is 2. The van der Waals surface area contributed by atoms with E-state index in [4.69, 9.17) is 4.74 Å². The molecule has 8 nitrogen and oxygen atoms in total. The van der Waals surface area contributed by atoms with Crippen LogP contribution in [0.1, 0.15) is 15.9 Å². The summed E-state index contributed by atoms with van der Waals surface area (Å²) in [4.78, 5) is 33.6. The number of amides is 2. The van der Waals surface area contributed by atoms with Gasteiger partial charge in [-0.2, -0.15) is 0 Å². The second-order valence-corrected chi connectivity index (χ2v) is 5.92. The van der Waals surface area contributed by atoms with E-state index < -0.39 is 16.7 Å². The second-order valence-electron chi connectivity index (χ2n) is 5.00.